The van der Waals surface area contributed by atoms with Crippen LogP contribution < -0.4 is 10.6 Å². The SMILES string of the molecule is CC(C)N1CCC(Nc2cccc(F)c2)(C(=O)NC2CC2)CC1.O=CO. The lowest BCUT2D eigenvalue weighted by atomic mass is 9.85. The Morgan fingerprint density at radius 1 is 1.35 bits per heavy atom. The Morgan fingerprint density at radius 3 is 2.46 bits per heavy atom. The molecule has 0 aromatic heterocycles. The summed E-state index contributed by atoms with van der Waals surface area (Å²) in [5.41, 5.74) is 0.0378. The minimum Gasteiger partial charge on any atom is -0.483 e. The number of amides is 1. The molecule has 0 bridgehead atoms. The van der Waals surface area contributed by atoms with Crippen LogP contribution in [-0.2, 0) is 9.59 Å². The van der Waals surface area contributed by atoms with Crippen LogP contribution >= 0.6 is 0 Å². The molecular weight excluding hydrogens is 337 g/mol. The quantitative estimate of drug-likeness (QED) is 0.699. The van der Waals surface area contributed by atoms with Gasteiger partial charge in [0.15, 0.2) is 0 Å². The summed E-state index contributed by atoms with van der Waals surface area (Å²) >= 11 is 0. The van der Waals surface area contributed by atoms with Gasteiger partial charge in [-0.15, -0.1) is 0 Å². The normalized spacial score (nSPS) is 19.2. The Hall–Kier alpha value is -2.15. The first-order valence-corrected chi connectivity index (χ1v) is 9.07. The number of benzene rings is 1. The van der Waals surface area contributed by atoms with Crippen molar-refractivity contribution in [1.29, 1.82) is 0 Å². The van der Waals surface area contributed by atoms with E-state index in [4.69, 9.17) is 9.90 Å². The second-order valence-electron chi connectivity index (χ2n) is 7.20. The lowest BCUT2D eigenvalue weighted by Crippen LogP contribution is -2.59. The fourth-order valence-corrected chi connectivity index (χ4v) is 3.22. The summed E-state index contributed by atoms with van der Waals surface area (Å²) in [4.78, 5) is 23.6. The average Bonchev–Trinajstić information content (AvgIpc) is 3.40. The standard InChI is InChI=1S/C18H26FN3O.CH2O2/c1-13(2)22-10-8-18(9-11-22,17(23)20-15-6-7-15)21-16-5-3-4-14(19)12-16;2-1-3/h3-5,12-13,15,21H,6-11H2,1-2H3,(H,20,23);1H,(H,2,3). The first-order chi connectivity index (χ1) is 12.4. The highest BCUT2D eigenvalue weighted by Gasteiger charge is 2.43. The summed E-state index contributed by atoms with van der Waals surface area (Å²) in [6.45, 7) is 5.85. The van der Waals surface area contributed by atoms with Crippen LogP contribution in [0, 0.1) is 5.82 Å². The van der Waals surface area contributed by atoms with Crippen LogP contribution in [0.1, 0.15) is 39.5 Å². The first-order valence-electron chi connectivity index (χ1n) is 9.07. The number of carbonyl (C=O) groups excluding carboxylic acids is 1. The second kappa shape index (κ2) is 8.98. The van der Waals surface area contributed by atoms with Gasteiger partial charge in [0.2, 0.25) is 5.91 Å². The van der Waals surface area contributed by atoms with Gasteiger partial charge in [0.25, 0.3) is 6.47 Å². The van der Waals surface area contributed by atoms with Crippen molar-refractivity contribution in [3.63, 3.8) is 0 Å². The maximum absolute atomic E-state index is 13.5. The molecule has 7 heteroatoms. The third-order valence-corrected chi connectivity index (χ3v) is 4.94. The Kier molecular flexibility index (Phi) is 6.97. The van der Waals surface area contributed by atoms with Gasteiger partial charge in [0.1, 0.15) is 11.4 Å². The molecular formula is C19H28FN3O3. The van der Waals surface area contributed by atoms with Gasteiger partial charge in [-0.25, -0.2) is 4.39 Å². The number of carbonyl (C=O) groups is 2. The summed E-state index contributed by atoms with van der Waals surface area (Å²) in [6, 6.07) is 7.19. The molecule has 1 aliphatic heterocycles. The number of anilines is 1. The van der Waals surface area contributed by atoms with Gasteiger partial charge in [-0.1, -0.05) is 6.07 Å². The summed E-state index contributed by atoms with van der Waals surface area (Å²) in [7, 11) is 0. The number of hydrogen-bond acceptors (Lipinski definition) is 4. The third-order valence-electron chi connectivity index (χ3n) is 4.94. The smallest absolute Gasteiger partial charge is 0.290 e. The Bertz CT molecular complexity index is 612. The fourth-order valence-electron chi connectivity index (χ4n) is 3.22. The molecule has 144 valence electrons. The lowest BCUT2D eigenvalue weighted by Gasteiger charge is -2.43. The van der Waals surface area contributed by atoms with Crippen LogP contribution in [0.25, 0.3) is 0 Å². The summed E-state index contributed by atoms with van der Waals surface area (Å²) in [5.74, 6) is -0.222. The predicted octanol–water partition coefficient (Wildman–Crippen LogP) is 2.46. The van der Waals surface area contributed by atoms with Crippen molar-refractivity contribution in [2.45, 2.75) is 57.2 Å². The molecule has 6 nitrogen and oxygen atoms in total. The highest BCUT2D eigenvalue weighted by atomic mass is 19.1. The van der Waals surface area contributed by atoms with E-state index in [1.54, 1.807) is 6.07 Å². The molecule has 2 aliphatic rings. The molecule has 26 heavy (non-hydrogen) atoms. The van der Waals surface area contributed by atoms with E-state index in [0.717, 1.165) is 38.8 Å². The Labute approximate surface area is 153 Å². The maximum Gasteiger partial charge on any atom is 0.290 e. The molecule has 3 N–H and O–H groups in total. The highest BCUT2D eigenvalue weighted by Crippen LogP contribution is 2.30. The van der Waals surface area contributed by atoms with Gasteiger partial charge >= 0.3 is 0 Å². The minimum absolute atomic E-state index is 0.0627. The number of hydrogen-bond donors (Lipinski definition) is 3. The van der Waals surface area contributed by atoms with E-state index < -0.39 is 5.54 Å². The van der Waals surface area contributed by atoms with E-state index in [-0.39, 0.29) is 18.2 Å². The molecule has 1 amide bonds. The van der Waals surface area contributed by atoms with Crippen LogP contribution in [0.3, 0.4) is 0 Å². The number of halogens is 1. The van der Waals surface area contributed by atoms with Crippen LogP contribution in [-0.4, -0.2) is 53.1 Å². The highest BCUT2D eigenvalue weighted by molar-refractivity contribution is 5.90. The van der Waals surface area contributed by atoms with E-state index in [2.05, 4.69) is 29.4 Å². The Morgan fingerprint density at radius 2 is 1.96 bits per heavy atom. The van der Waals surface area contributed by atoms with Crippen molar-refractivity contribution in [2.75, 3.05) is 18.4 Å². The van der Waals surface area contributed by atoms with E-state index in [9.17, 15) is 9.18 Å². The molecule has 1 heterocycles. The molecule has 2 fully saturated rings. The maximum atomic E-state index is 13.5. The number of carboxylic acid groups (broad SMARTS) is 1. The molecule has 3 rings (SSSR count). The van der Waals surface area contributed by atoms with E-state index in [1.165, 1.54) is 12.1 Å². The van der Waals surface area contributed by atoms with Gasteiger partial charge < -0.3 is 20.6 Å². The van der Waals surface area contributed by atoms with Crippen molar-refractivity contribution < 1.29 is 19.1 Å². The lowest BCUT2D eigenvalue weighted by molar-refractivity contribution is -0.127. The summed E-state index contributed by atoms with van der Waals surface area (Å²) in [5, 5.41) is 13.4. The molecule has 1 aromatic rings. The van der Waals surface area contributed by atoms with E-state index >= 15 is 0 Å². The number of nitrogens with one attached hydrogen (secondary N) is 2. The van der Waals surface area contributed by atoms with Crippen LogP contribution in [0.15, 0.2) is 24.3 Å². The van der Waals surface area contributed by atoms with Gasteiger partial charge in [-0.05, 0) is 57.7 Å². The zero-order valence-corrected chi connectivity index (χ0v) is 15.4. The van der Waals surface area contributed by atoms with Gasteiger partial charge in [0.05, 0.1) is 0 Å². The zero-order valence-electron chi connectivity index (χ0n) is 15.4. The molecule has 1 saturated carbocycles. The van der Waals surface area contributed by atoms with Crippen molar-refractivity contribution in [3.05, 3.63) is 30.1 Å². The molecule has 0 unspecified atom stereocenters. The summed E-state index contributed by atoms with van der Waals surface area (Å²) in [6.07, 6.45) is 3.61. The topological polar surface area (TPSA) is 81.7 Å². The van der Waals surface area contributed by atoms with Crippen molar-refractivity contribution >= 4 is 18.1 Å². The van der Waals surface area contributed by atoms with Crippen LogP contribution in [0.2, 0.25) is 0 Å². The number of piperidine rings is 1. The van der Waals surface area contributed by atoms with Gasteiger partial charge in [0, 0.05) is 30.9 Å². The summed E-state index contributed by atoms with van der Waals surface area (Å²) < 4.78 is 13.5. The molecule has 0 spiro atoms. The predicted molar refractivity (Wildman–Crippen MR) is 98.6 cm³/mol. The molecule has 0 atom stereocenters. The Balaban J connectivity index is 0.000000758. The monoisotopic (exact) mass is 365 g/mol. The van der Waals surface area contributed by atoms with Gasteiger partial charge in [-0.3, -0.25) is 9.59 Å². The third kappa shape index (κ3) is 5.42. The molecule has 1 aliphatic carbocycles. The zero-order chi connectivity index (χ0) is 19.2. The first kappa shape index (κ1) is 20.2. The fraction of sp³-hybridized carbons (Fsp3) is 0.579. The van der Waals surface area contributed by atoms with E-state index in [0.29, 0.717) is 17.8 Å². The van der Waals surface area contributed by atoms with Crippen LogP contribution in [0.4, 0.5) is 10.1 Å². The largest absolute Gasteiger partial charge is 0.483 e. The minimum atomic E-state index is -0.637. The molecule has 1 aromatic carbocycles. The molecule has 0 radical (unpaired) electrons. The number of likely N-dealkylation sites (tertiary alicyclic amines) is 1. The second-order valence-corrected chi connectivity index (χ2v) is 7.20. The van der Waals surface area contributed by atoms with Crippen molar-refractivity contribution in [2.24, 2.45) is 0 Å². The van der Waals surface area contributed by atoms with Crippen molar-refractivity contribution in [1.82, 2.24) is 10.2 Å². The van der Waals surface area contributed by atoms with Crippen LogP contribution in [0.5, 0.6) is 0 Å². The van der Waals surface area contributed by atoms with Gasteiger partial charge in [-0.2, -0.15) is 0 Å². The average molecular weight is 365 g/mol. The number of nitrogens with zero attached hydrogens (tertiary/aromatic N) is 1. The number of rotatable bonds is 5. The van der Waals surface area contributed by atoms with E-state index in [1.807, 2.05) is 6.07 Å². The molecule has 1 saturated heterocycles. The van der Waals surface area contributed by atoms with Crippen molar-refractivity contribution in [3.8, 4) is 0 Å².